The second-order valence-corrected chi connectivity index (χ2v) is 4.72. The van der Waals surface area contributed by atoms with E-state index in [0.717, 1.165) is 17.2 Å². The highest BCUT2D eigenvalue weighted by molar-refractivity contribution is 6.01. The number of rotatable bonds is 3. The zero-order valence-electron chi connectivity index (χ0n) is 11.7. The minimum Gasteiger partial charge on any atom is -0.384 e. The Morgan fingerprint density at radius 3 is 2.63 bits per heavy atom. The normalized spacial score (nSPS) is 10.5. The molecule has 5 heteroatoms. The van der Waals surface area contributed by atoms with E-state index in [1.54, 1.807) is 4.68 Å². The largest absolute Gasteiger partial charge is 0.384 e. The number of nitrogens with one attached hydrogen (secondary N) is 1. The number of benzene rings is 1. The molecule has 0 aliphatic rings. The molecule has 5 nitrogen and oxygen atoms in total. The number of aromatic nitrogens is 2. The highest BCUT2D eigenvalue weighted by Gasteiger charge is 2.19. The number of nitrogens with zero attached hydrogens (tertiary/aromatic N) is 3. The van der Waals surface area contributed by atoms with E-state index in [0.29, 0.717) is 5.56 Å². The summed E-state index contributed by atoms with van der Waals surface area (Å²) in [5.41, 5.74) is 9.37. The third-order valence-electron chi connectivity index (χ3n) is 3.17. The lowest BCUT2D eigenvalue weighted by Crippen LogP contribution is -2.20. The van der Waals surface area contributed by atoms with Crippen molar-refractivity contribution in [1.29, 1.82) is 5.41 Å². The van der Waals surface area contributed by atoms with Gasteiger partial charge in [-0.2, -0.15) is 5.10 Å². The van der Waals surface area contributed by atoms with Gasteiger partial charge in [0.05, 0.1) is 11.3 Å². The number of hydrogen-bond acceptors (Lipinski definition) is 3. The molecule has 0 amide bonds. The van der Waals surface area contributed by atoms with Crippen LogP contribution in [0.4, 0.5) is 11.5 Å². The lowest BCUT2D eigenvalue weighted by Gasteiger charge is -2.21. The predicted octanol–water partition coefficient (Wildman–Crippen LogP) is 2.09. The number of hydrogen-bond donors (Lipinski definition) is 2. The van der Waals surface area contributed by atoms with Crippen molar-refractivity contribution in [3.05, 3.63) is 41.1 Å². The number of anilines is 2. The van der Waals surface area contributed by atoms with Gasteiger partial charge >= 0.3 is 0 Å². The van der Waals surface area contributed by atoms with Crippen LogP contribution in [0.2, 0.25) is 0 Å². The summed E-state index contributed by atoms with van der Waals surface area (Å²) >= 11 is 0. The van der Waals surface area contributed by atoms with Crippen molar-refractivity contribution in [1.82, 2.24) is 9.78 Å². The van der Waals surface area contributed by atoms with Gasteiger partial charge in [0.1, 0.15) is 11.7 Å². The Kier molecular flexibility index (Phi) is 3.29. The van der Waals surface area contributed by atoms with Crippen LogP contribution in [-0.4, -0.2) is 22.7 Å². The molecule has 0 unspecified atom stereocenters. The van der Waals surface area contributed by atoms with E-state index < -0.39 is 0 Å². The van der Waals surface area contributed by atoms with Crippen LogP contribution in [0.15, 0.2) is 24.3 Å². The first kappa shape index (κ1) is 13.1. The number of amidine groups is 1. The SMILES string of the molecule is Cc1cccc(N(C)c2c(C(=N)N)c(C)nn2C)c1. The molecule has 0 atom stereocenters. The fourth-order valence-corrected chi connectivity index (χ4v) is 2.30. The van der Waals surface area contributed by atoms with Crippen LogP contribution in [0.5, 0.6) is 0 Å². The van der Waals surface area contributed by atoms with Gasteiger partial charge in [0.15, 0.2) is 0 Å². The summed E-state index contributed by atoms with van der Waals surface area (Å²) in [4.78, 5) is 2.00. The molecule has 0 aliphatic heterocycles. The smallest absolute Gasteiger partial charge is 0.142 e. The molecule has 2 rings (SSSR count). The van der Waals surface area contributed by atoms with Gasteiger partial charge in [0.2, 0.25) is 0 Å². The number of aryl methyl sites for hydroxylation is 3. The fraction of sp³-hybridized carbons (Fsp3) is 0.286. The Balaban J connectivity index is 2.55. The zero-order chi connectivity index (χ0) is 14.2. The van der Waals surface area contributed by atoms with Gasteiger partial charge in [0.25, 0.3) is 0 Å². The van der Waals surface area contributed by atoms with E-state index in [1.165, 1.54) is 5.56 Å². The molecule has 0 saturated carbocycles. The van der Waals surface area contributed by atoms with E-state index in [2.05, 4.69) is 24.2 Å². The summed E-state index contributed by atoms with van der Waals surface area (Å²) in [6, 6.07) is 8.18. The molecular formula is C14H19N5. The molecule has 3 N–H and O–H groups in total. The van der Waals surface area contributed by atoms with Gasteiger partial charge in [-0.3, -0.25) is 10.1 Å². The highest BCUT2D eigenvalue weighted by Crippen LogP contribution is 2.28. The molecule has 2 aromatic rings. The topological polar surface area (TPSA) is 70.9 Å². The van der Waals surface area contributed by atoms with Crippen LogP contribution >= 0.6 is 0 Å². The lowest BCUT2D eigenvalue weighted by atomic mass is 10.2. The van der Waals surface area contributed by atoms with Crippen LogP contribution in [-0.2, 0) is 7.05 Å². The van der Waals surface area contributed by atoms with Gasteiger partial charge in [-0.1, -0.05) is 12.1 Å². The number of nitrogens with two attached hydrogens (primary N) is 1. The summed E-state index contributed by atoms with van der Waals surface area (Å²) in [5, 5.41) is 12.1. The molecule has 1 aromatic heterocycles. The second kappa shape index (κ2) is 4.76. The molecule has 100 valence electrons. The van der Waals surface area contributed by atoms with Gasteiger partial charge in [-0.15, -0.1) is 0 Å². The maximum absolute atomic E-state index is 7.73. The molecule has 0 bridgehead atoms. The Bertz CT molecular complexity index is 627. The predicted molar refractivity (Wildman–Crippen MR) is 78.2 cm³/mol. The minimum atomic E-state index is 0.0418. The number of nitrogen functional groups attached to an aromatic ring is 1. The maximum atomic E-state index is 7.73. The van der Waals surface area contributed by atoms with Crippen molar-refractivity contribution >= 4 is 17.3 Å². The van der Waals surface area contributed by atoms with Crippen molar-refractivity contribution < 1.29 is 0 Å². The first-order valence-electron chi connectivity index (χ1n) is 6.10. The molecule has 0 aliphatic carbocycles. The van der Waals surface area contributed by atoms with Crippen LogP contribution in [0, 0.1) is 19.3 Å². The molecule has 0 spiro atoms. The third kappa shape index (κ3) is 2.31. The molecule has 0 radical (unpaired) electrons. The first-order chi connectivity index (χ1) is 8.91. The van der Waals surface area contributed by atoms with Gasteiger partial charge in [-0.25, -0.2) is 0 Å². The van der Waals surface area contributed by atoms with Crippen LogP contribution in [0.3, 0.4) is 0 Å². The molecular weight excluding hydrogens is 238 g/mol. The van der Waals surface area contributed by atoms with E-state index in [1.807, 2.05) is 38.1 Å². The van der Waals surface area contributed by atoms with E-state index >= 15 is 0 Å². The van der Waals surface area contributed by atoms with Crippen molar-refractivity contribution in [2.75, 3.05) is 11.9 Å². The van der Waals surface area contributed by atoms with Crippen molar-refractivity contribution in [3.63, 3.8) is 0 Å². The highest BCUT2D eigenvalue weighted by atomic mass is 15.4. The van der Waals surface area contributed by atoms with Crippen LogP contribution in [0.1, 0.15) is 16.8 Å². The Morgan fingerprint density at radius 1 is 1.37 bits per heavy atom. The fourth-order valence-electron chi connectivity index (χ4n) is 2.30. The Hall–Kier alpha value is -2.30. The molecule has 19 heavy (non-hydrogen) atoms. The average molecular weight is 257 g/mol. The Labute approximate surface area is 113 Å². The lowest BCUT2D eigenvalue weighted by molar-refractivity contribution is 0.750. The summed E-state index contributed by atoms with van der Waals surface area (Å²) in [6.07, 6.45) is 0. The summed E-state index contributed by atoms with van der Waals surface area (Å²) < 4.78 is 1.76. The van der Waals surface area contributed by atoms with E-state index in [-0.39, 0.29) is 5.84 Å². The minimum absolute atomic E-state index is 0.0418. The standard InChI is InChI=1S/C14H19N5/c1-9-6-5-7-11(8-9)18(3)14-12(13(15)16)10(2)17-19(14)4/h5-8H,1-4H3,(H3,15,16). The second-order valence-electron chi connectivity index (χ2n) is 4.72. The van der Waals surface area contributed by atoms with E-state index in [9.17, 15) is 0 Å². The summed E-state index contributed by atoms with van der Waals surface area (Å²) in [6.45, 7) is 3.92. The zero-order valence-corrected chi connectivity index (χ0v) is 11.7. The van der Waals surface area contributed by atoms with Crippen LogP contribution in [0.25, 0.3) is 0 Å². The van der Waals surface area contributed by atoms with Crippen molar-refractivity contribution in [3.8, 4) is 0 Å². The average Bonchev–Trinajstić information content (AvgIpc) is 2.63. The van der Waals surface area contributed by atoms with Gasteiger partial charge in [0, 0.05) is 19.8 Å². The molecule has 1 aromatic carbocycles. The van der Waals surface area contributed by atoms with Crippen LogP contribution < -0.4 is 10.6 Å². The van der Waals surface area contributed by atoms with E-state index in [4.69, 9.17) is 11.1 Å². The summed E-state index contributed by atoms with van der Waals surface area (Å²) in [7, 11) is 3.82. The quantitative estimate of drug-likeness (QED) is 0.653. The van der Waals surface area contributed by atoms with Gasteiger partial charge in [-0.05, 0) is 31.5 Å². The Morgan fingerprint density at radius 2 is 2.05 bits per heavy atom. The third-order valence-corrected chi connectivity index (χ3v) is 3.17. The molecule has 1 heterocycles. The van der Waals surface area contributed by atoms with Crippen molar-refractivity contribution in [2.45, 2.75) is 13.8 Å². The first-order valence-corrected chi connectivity index (χ1v) is 6.10. The molecule has 0 fully saturated rings. The monoisotopic (exact) mass is 257 g/mol. The van der Waals surface area contributed by atoms with Crippen molar-refractivity contribution in [2.24, 2.45) is 12.8 Å². The maximum Gasteiger partial charge on any atom is 0.142 e. The molecule has 0 saturated heterocycles. The van der Waals surface area contributed by atoms with Gasteiger partial charge < -0.3 is 10.6 Å². The summed E-state index contributed by atoms with van der Waals surface area (Å²) in [5.74, 6) is 0.871.